The molecule has 0 bridgehead atoms. The van der Waals surface area contributed by atoms with Crippen LogP contribution in [0.1, 0.15) is 56.6 Å². The van der Waals surface area contributed by atoms with Crippen LogP contribution in [0.3, 0.4) is 0 Å². The van der Waals surface area contributed by atoms with Gasteiger partial charge >= 0.3 is 11.9 Å². The molecule has 9 nitrogen and oxygen atoms in total. The number of dihydropyridines is 1. The van der Waals surface area contributed by atoms with E-state index in [9.17, 15) is 14.4 Å². The Hall–Kier alpha value is -5.05. The standard InChI is InChI=1S/C36H37NO8/c1-5-42-32-21-25(13-16-31(32)45-23(3)38)34-33(36(40)44-18-17-43-28-9-7-6-8-10-28)22(2)37-29-19-26(20-30(39)35(29)34)24-11-14-27(41-4)15-12-24/h6-16,21,26,34,37H,5,17-20H2,1-4H3. The number of esters is 2. The lowest BCUT2D eigenvalue weighted by Gasteiger charge is -2.37. The Morgan fingerprint density at radius 1 is 0.867 bits per heavy atom. The van der Waals surface area contributed by atoms with Gasteiger partial charge in [-0.3, -0.25) is 9.59 Å². The van der Waals surface area contributed by atoms with Gasteiger partial charge in [-0.25, -0.2) is 4.79 Å². The minimum atomic E-state index is -0.723. The molecular weight excluding hydrogens is 574 g/mol. The maximum Gasteiger partial charge on any atom is 0.336 e. The van der Waals surface area contributed by atoms with Crippen LogP contribution in [0.4, 0.5) is 0 Å². The number of carbonyl (C=O) groups excluding carboxylic acids is 3. The van der Waals surface area contributed by atoms with Gasteiger partial charge in [0.2, 0.25) is 0 Å². The molecule has 0 saturated heterocycles. The minimum Gasteiger partial charge on any atom is -0.497 e. The zero-order valence-corrected chi connectivity index (χ0v) is 25.9. The third-order valence-corrected chi connectivity index (χ3v) is 7.82. The lowest BCUT2D eigenvalue weighted by molar-refractivity contribution is -0.140. The Balaban J connectivity index is 1.48. The number of Topliss-reactive ketones (excluding diaryl/α,β-unsaturated/α-hetero) is 1. The summed E-state index contributed by atoms with van der Waals surface area (Å²) in [5.74, 6) is 0.139. The summed E-state index contributed by atoms with van der Waals surface area (Å²) in [5.41, 5.74) is 3.88. The highest BCUT2D eigenvalue weighted by Gasteiger charge is 2.41. The summed E-state index contributed by atoms with van der Waals surface area (Å²) < 4.78 is 27.9. The van der Waals surface area contributed by atoms with E-state index in [2.05, 4.69) is 5.32 Å². The van der Waals surface area contributed by atoms with E-state index >= 15 is 0 Å². The molecule has 234 valence electrons. The number of benzene rings is 3. The SMILES string of the molecule is CCOc1cc(C2C(C(=O)OCCOc3ccccc3)=C(C)NC3=C2C(=O)CC(c2ccc(OC)cc2)C3)ccc1OC(C)=O. The first-order valence-electron chi connectivity index (χ1n) is 15.0. The number of para-hydroxylation sites is 1. The normalized spacial score (nSPS) is 17.6. The van der Waals surface area contributed by atoms with Crippen LogP contribution in [0.5, 0.6) is 23.0 Å². The predicted molar refractivity (Wildman–Crippen MR) is 167 cm³/mol. The molecule has 9 heteroatoms. The summed E-state index contributed by atoms with van der Waals surface area (Å²) in [7, 11) is 1.62. The van der Waals surface area contributed by atoms with E-state index in [1.54, 1.807) is 25.3 Å². The lowest BCUT2D eigenvalue weighted by Crippen LogP contribution is -2.36. The van der Waals surface area contributed by atoms with Gasteiger partial charge in [-0.1, -0.05) is 36.4 Å². The summed E-state index contributed by atoms with van der Waals surface area (Å²) in [4.78, 5) is 39.5. The molecule has 0 saturated carbocycles. The van der Waals surface area contributed by atoms with Crippen LogP contribution < -0.4 is 24.3 Å². The molecule has 3 aromatic rings. The molecular formula is C36H37NO8. The predicted octanol–water partition coefficient (Wildman–Crippen LogP) is 6.00. The Kier molecular flexibility index (Phi) is 9.87. The molecule has 45 heavy (non-hydrogen) atoms. The van der Waals surface area contributed by atoms with Gasteiger partial charge in [-0.05, 0) is 73.7 Å². The first-order chi connectivity index (χ1) is 21.8. The van der Waals surface area contributed by atoms with Crippen molar-refractivity contribution in [2.24, 2.45) is 0 Å². The van der Waals surface area contributed by atoms with Crippen LogP contribution >= 0.6 is 0 Å². The fraction of sp³-hybridized carbons (Fsp3) is 0.306. The highest BCUT2D eigenvalue weighted by molar-refractivity contribution is 6.04. The number of carbonyl (C=O) groups is 3. The molecule has 2 unspecified atom stereocenters. The van der Waals surface area contributed by atoms with Gasteiger partial charge in [0.25, 0.3) is 0 Å². The fourth-order valence-electron chi connectivity index (χ4n) is 5.85. The van der Waals surface area contributed by atoms with Gasteiger partial charge in [-0.2, -0.15) is 0 Å². The van der Waals surface area contributed by atoms with E-state index in [0.29, 0.717) is 46.9 Å². The highest BCUT2D eigenvalue weighted by Crippen LogP contribution is 2.47. The Morgan fingerprint density at radius 3 is 2.29 bits per heavy atom. The van der Waals surface area contributed by atoms with E-state index in [-0.39, 0.29) is 37.1 Å². The van der Waals surface area contributed by atoms with E-state index in [4.69, 9.17) is 23.7 Å². The van der Waals surface area contributed by atoms with Crippen molar-refractivity contribution in [2.45, 2.75) is 45.4 Å². The molecule has 0 fully saturated rings. The molecule has 1 aliphatic carbocycles. The van der Waals surface area contributed by atoms with Crippen molar-refractivity contribution >= 4 is 17.7 Å². The minimum absolute atomic E-state index is 0.0200. The number of hydrogen-bond donors (Lipinski definition) is 1. The number of nitrogens with one attached hydrogen (secondary N) is 1. The van der Waals surface area contributed by atoms with Crippen LogP contribution in [-0.2, 0) is 19.1 Å². The van der Waals surface area contributed by atoms with Crippen molar-refractivity contribution < 1.29 is 38.1 Å². The number of ether oxygens (including phenoxy) is 5. The van der Waals surface area contributed by atoms with E-state index < -0.39 is 17.9 Å². The summed E-state index contributed by atoms with van der Waals surface area (Å²) in [6, 6.07) is 22.1. The number of methoxy groups -OCH3 is 1. The number of allylic oxidation sites excluding steroid dienone is 3. The zero-order valence-electron chi connectivity index (χ0n) is 25.9. The fourth-order valence-corrected chi connectivity index (χ4v) is 5.85. The Morgan fingerprint density at radius 2 is 1.60 bits per heavy atom. The summed E-state index contributed by atoms with van der Waals surface area (Å²) in [6.45, 7) is 5.46. The van der Waals surface area contributed by atoms with E-state index in [1.807, 2.05) is 68.4 Å². The van der Waals surface area contributed by atoms with Crippen LogP contribution in [-0.4, -0.2) is 44.7 Å². The topological polar surface area (TPSA) is 109 Å². The first-order valence-corrected chi connectivity index (χ1v) is 15.0. The van der Waals surface area contributed by atoms with Gasteiger partial charge < -0.3 is 29.0 Å². The maximum atomic E-state index is 14.0. The van der Waals surface area contributed by atoms with E-state index in [1.165, 1.54) is 6.92 Å². The first kappa shape index (κ1) is 31.4. The van der Waals surface area contributed by atoms with Crippen LogP contribution in [0.15, 0.2) is 95.3 Å². The second kappa shape index (κ2) is 14.2. The molecule has 1 aliphatic heterocycles. The maximum absolute atomic E-state index is 14.0. The molecule has 0 amide bonds. The number of hydrogen-bond acceptors (Lipinski definition) is 9. The van der Waals surface area contributed by atoms with Crippen molar-refractivity contribution in [1.29, 1.82) is 0 Å². The third-order valence-electron chi connectivity index (χ3n) is 7.82. The summed E-state index contributed by atoms with van der Waals surface area (Å²) >= 11 is 0. The van der Waals surface area contributed by atoms with Crippen molar-refractivity contribution in [3.8, 4) is 23.0 Å². The van der Waals surface area contributed by atoms with Gasteiger partial charge in [0.15, 0.2) is 17.3 Å². The van der Waals surface area contributed by atoms with Crippen molar-refractivity contribution in [3.63, 3.8) is 0 Å². The molecule has 0 aromatic heterocycles. The van der Waals surface area contributed by atoms with E-state index in [0.717, 1.165) is 17.0 Å². The molecule has 1 N–H and O–H groups in total. The van der Waals surface area contributed by atoms with Gasteiger partial charge in [0, 0.05) is 36.2 Å². The molecule has 2 aliphatic rings. The van der Waals surface area contributed by atoms with Crippen molar-refractivity contribution in [3.05, 3.63) is 106 Å². The molecule has 0 spiro atoms. The Bertz CT molecular complexity index is 1620. The van der Waals surface area contributed by atoms with Crippen LogP contribution in [0, 0.1) is 0 Å². The number of rotatable bonds is 11. The van der Waals surface area contributed by atoms with Gasteiger partial charge in [-0.15, -0.1) is 0 Å². The lowest BCUT2D eigenvalue weighted by atomic mass is 9.71. The Labute approximate surface area is 262 Å². The van der Waals surface area contributed by atoms with Gasteiger partial charge in [0.05, 0.1) is 19.3 Å². The smallest absolute Gasteiger partial charge is 0.336 e. The average molecular weight is 612 g/mol. The molecule has 0 radical (unpaired) electrons. The largest absolute Gasteiger partial charge is 0.497 e. The van der Waals surface area contributed by atoms with Crippen molar-refractivity contribution in [2.75, 3.05) is 26.9 Å². The van der Waals surface area contributed by atoms with Crippen molar-refractivity contribution in [1.82, 2.24) is 5.32 Å². The average Bonchev–Trinajstić information content (AvgIpc) is 3.03. The van der Waals surface area contributed by atoms with Crippen LogP contribution in [0.25, 0.3) is 0 Å². The quantitative estimate of drug-likeness (QED) is 0.159. The zero-order chi connectivity index (χ0) is 31.9. The molecule has 1 heterocycles. The van der Waals surface area contributed by atoms with Crippen LogP contribution in [0.2, 0.25) is 0 Å². The van der Waals surface area contributed by atoms with Gasteiger partial charge in [0.1, 0.15) is 24.7 Å². The second-order valence-corrected chi connectivity index (χ2v) is 10.8. The second-order valence-electron chi connectivity index (χ2n) is 10.8. The summed E-state index contributed by atoms with van der Waals surface area (Å²) in [5, 5.41) is 3.38. The monoisotopic (exact) mass is 611 g/mol. The highest BCUT2D eigenvalue weighted by atomic mass is 16.6. The molecule has 3 aromatic carbocycles. The third kappa shape index (κ3) is 7.20. The summed E-state index contributed by atoms with van der Waals surface area (Å²) in [6.07, 6.45) is 0.859. The number of ketones is 1. The molecule has 5 rings (SSSR count). The molecule has 2 atom stereocenters.